The molecule has 0 N–H and O–H groups in total. The van der Waals surface area contributed by atoms with Gasteiger partial charge in [-0.3, -0.25) is 0 Å². The smallest absolute Gasteiger partial charge is 0.00675 e. The van der Waals surface area contributed by atoms with Gasteiger partial charge < -0.3 is 0 Å². The van der Waals surface area contributed by atoms with Crippen molar-refractivity contribution >= 4 is 11.8 Å². The quantitative estimate of drug-likeness (QED) is 0.224. The fourth-order valence-electron chi connectivity index (χ4n) is 8.20. The summed E-state index contributed by atoms with van der Waals surface area (Å²) in [7, 11) is 0. The molecule has 0 nitrogen and oxygen atoms in total. The lowest BCUT2D eigenvalue weighted by molar-refractivity contribution is 0.0225. The van der Waals surface area contributed by atoms with Crippen LogP contribution in [0.2, 0.25) is 0 Å². The molecule has 0 radical (unpaired) electrons. The maximum absolute atomic E-state index is 2.66. The number of hydrogen-bond donors (Lipinski definition) is 0. The summed E-state index contributed by atoms with van der Waals surface area (Å²) in [6.45, 7) is 4.95. The zero-order valence-corrected chi connectivity index (χ0v) is 23.5. The van der Waals surface area contributed by atoms with Crippen LogP contribution in [0.15, 0.2) is 24.3 Å². The van der Waals surface area contributed by atoms with Gasteiger partial charge in [0.2, 0.25) is 0 Å². The summed E-state index contributed by atoms with van der Waals surface area (Å²) in [4.78, 5) is 0. The molecular weight excluding hydrogens is 428 g/mol. The lowest BCUT2D eigenvalue weighted by Gasteiger charge is -2.52. The summed E-state index contributed by atoms with van der Waals surface area (Å²) >= 11 is 2.17. The average molecular weight is 483 g/mol. The van der Waals surface area contributed by atoms with Crippen molar-refractivity contribution < 1.29 is 0 Å². The van der Waals surface area contributed by atoms with E-state index in [-0.39, 0.29) is 0 Å². The van der Waals surface area contributed by atoms with Crippen LogP contribution in [0.25, 0.3) is 0 Å². The molecule has 0 saturated heterocycles. The highest BCUT2D eigenvalue weighted by Gasteiger charge is 2.52. The van der Waals surface area contributed by atoms with Gasteiger partial charge in [-0.1, -0.05) is 102 Å². The Morgan fingerprint density at radius 3 is 2.32 bits per heavy atom. The zero-order valence-electron chi connectivity index (χ0n) is 22.7. The second kappa shape index (κ2) is 13.8. The summed E-state index contributed by atoms with van der Waals surface area (Å²) in [6.07, 6.45) is 26.3. The van der Waals surface area contributed by atoms with E-state index in [1.807, 2.05) is 0 Å². The van der Waals surface area contributed by atoms with Gasteiger partial charge in [-0.05, 0) is 103 Å². The molecule has 0 amide bonds. The van der Waals surface area contributed by atoms with E-state index < -0.39 is 0 Å². The molecule has 0 heterocycles. The van der Waals surface area contributed by atoms with Crippen molar-refractivity contribution in [2.75, 3.05) is 11.5 Å². The van der Waals surface area contributed by atoms with E-state index in [0.29, 0.717) is 5.41 Å². The molecule has 3 aliphatic rings. The first-order valence-electron chi connectivity index (χ1n) is 15.4. The van der Waals surface area contributed by atoms with Crippen molar-refractivity contribution in [3.63, 3.8) is 0 Å². The third-order valence-electron chi connectivity index (χ3n) is 10.1. The SMILES string of the molecule is CCCCSCCCCCCCCCCC[C@@H]1Cc2ccccc2[C@H]2CC[C@]3(C)CCC[C@H]3[C@H]12. The molecule has 0 bridgehead atoms. The van der Waals surface area contributed by atoms with Crippen LogP contribution in [0.4, 0.5) is 0 Å². The molecule has 0 aromatic heterocycles. The first-order valence-corrected chi connectivity index (χ1v) is 16.5. The fourth-order valence-corrected chi connectivity index (χ4v) is 9.30. The number of rotatable bonds is 15. The van der Waals surface area contributed by atoms with E-state index in [1.54, 1.807) is 11.1 Å². The second-order valence-electron chi connectivity index (χ2n) is 12.5. The minimum atomic E-state index is 0.667. The molecule has 2 fully saturated rings. The van der Waals surface area contributed by atoms with E-state index in [2.05, 4.69) is 49.9 Å². The normalized spacial score (nSPS) is 30.1. The topological polar surface area (TPSA) is 0 Å². The van der Waals surface area contributed by atoms with Gasteiger partial charge in [0.25, 0.3) is 0 Å². The predicted molar refractivity (Wildman–Crippen MR) is 153 cm³/mol. The molecule has 34 heavy (non-hydrogen) atoms. The Kier molecular flexibility index (Phi) is 10.8. The summed E-state index contributed by atoms with van der Waals surface area (Å²) in [5.74, 6) is 6.60. The van der Waals surface area contributed by atoms with E-state index in [4.69, 9.17) is 0 Å². The maximum Gasteiger partial charge on any atom is -0.00675 e. The second-order valence-corrected chi connectivity index (χ2v) is 13.7. The molecule has 2 saturated carbocycles. The van der Waals surface area contributed by atoms with Crippen LogP contribution in [0.3, 0.4) is 0 Å². The minimum Gasteiger partial charge on any atom is -0.162 e. The first-order chi connectivity index (χ1) is 16.7. The first kappa shape index (κ1) is 26.6. The lowest BCUT2D eigenvalue weighted by atomic mass is 9.52. The third kappa shape index (κ3) is 6.86. The Labute approximate surface area is 216 Å². The van der Waals surface area contributed by atoms with E-state index in [0.717, 1.165) is 23.7 Å². The maximum atomic E-state index is 2.66. The Hall–Kier alpha value is -0.430. The highest BCUT2D eigenvalue weighted by Crippen LogP contribution is 2.62. The zero-order chi connectivity index (χ0) is 23.6. The van der Waals surface area contributed by atoms with Crippen LogP contribution in [-0.4, -0.2) is 11.5 Å². The summed E-state index contributed by atoms with van der Waals surface area (Å²) < 4.78 is 0. The van der Waals surface area contributed by atoms with Gasteiger partial charge >= 0.3 is 0 Å². The molecule has 3 aliphatic carbocycles. The van der Waals surface area contributed by atoms with Crippen molar-refractivity contribution in [2.45, 2.75) is 135 Å². The van der Waals surface area contributed by atoms with E-state index in [9.17, 15) is 0 Å². The van der Waals surface area contributed by atoms with Crippen LogP contribution in [0.1, 0.15) is 140 Å². The highest BCUT2D eigenvalue weighted by molar-refractivity contribution is 7.99. The number of thioether (sulfide) groups is 1. The summed E-state index contributed by atoms with van der Waals surface area (Å²) in [5, 5.41) is 0. The van der Waals surface area contributed by atoms with Gasteiger partial charge in [-0.2, -0.15) is 11.8 Å². The summed E-state index contributed by atoms with van der Waals surface area (Å²) in [5.41, 5.74) is 4.12. The molecule has 1 aromatic rings. The van der Waals surface area contributed by atoms with Gasteiger partial charge in [0.15, 0.2) is 0 Å². The lowest BCUT2D eigenvalue weighted by Crippen LogP contribution is -2.44. The van der Waals surface area contributed by atoms with Crippen LogP contribution in [0, 0.1) is 23.2 Å². The average Bonchev–Trinajstić information content (AvgIpc) is 3.25. The number of unbranched alkanes of at least 4 members (excludes halogenated alkanes) is 9. The van der Waals surface area contributed by atoms with E-state index in [1.165, 1.54) is 127 Å². The minimum absolute atomic E-state index is 0.667. The van der Waals surface area contributed by atoms with Crippen molar-refractivity contribution in [1.29, 1.82) is 0 Å². The van der Waals surface area contributed by atoms with Crippen LogP contribution in [0.5, 0.6) is 0 Å². The molecule has 0 unspecified atom stereocenters. The monoisotopic (exact) mass is 482 g/mol. The standard InChI is InChI=1S/C33H54S/c1-3-4-24-34-25-15-11-9-7-5-6-8-10-12-18-28-26-27-17-13-14-19-29(27)30-21-23-33(2)22-16-20-31(33)32(28)30/h13-14,17,19,28,30-32H,3-12,15-16,18,20-26H2,1-2H3/t28-,30-,31+,32-,33+/m1/s1. The highest BCUT2D eigenvalue weighted by atomic mass is 32.2. The van der Waals surface area contributed by atoms with Crippen LogP contribution < -0.4 is 0 Å². The molecule has 1 aromatic carbocycles. The van der Waals surface area contributed by atoms with Crippen LogP contribution >= 0.6 is 11.8 Å². The predicted octanol–water partition coefficient (Wildman–Crippen LogP) is 10.6. The van der Waals surface area contributed by atoms with Crippen molar-refractivity contribution in [3.05, 3.63) is 35.4 Å². The molecule has 5 atom stereocenters. The van der Waals surface area contributed by atoms with Gasteiger partial charge in [0.1, 0.15) is 0 Å². The molecular formula is C33H54S. The van der Waals surface area contributed by atoms with Crippen LogP contribution in [-0.2, 0) is 6.42 Å². The van der Waals surface area contributed by atoms with Crippen molar-refractivity contribution in [2.24, 2.45) is 23.2 Å². The molecule has 1 heteroatoms. The van der Waals surface area contributed by atoms with Gasteiger partial charge in [0, 0.05) is 0 Å². The molecule has 0 spiro atoms. The number of benzene rings is 1. The van der Waals surface area contributed by atoms with Gasteiger partial charge in [0.05, 0.1) is 0 Å². The van der Waals surface area contributed by atoms with Crippen molar-refractivity contribution in [1.82, 2.24) is 0 Å². The Morgan fingerprint density at radius 1 is 0.824 bits per heavy atom. The Balaban J connectivity index is 1.14. The number of hydrogen-bond acceptors (Lipinski definition) is 1. The Bertz CT molecular complexity index is 710. The summed E-state index contributed by atoms with van der Waals surface area (Å²) in [6, 6.07) is 9.56. The molecule has 0 aliphatic heterocycles. The van der Waals surface area contributed by atoms with Gasteiger partial charge in [-0.15, -0.1) is 0 Å². The van der Waals surface area contributed by atoms with E-state index >= 15 is 0 Å². The largest absolute Gasteiger partial charge is 0.162 e. The molecule has 4 rings (SSSR count). The number of fused-ring (bicyclic) bond motifs is 5. The Morgan fingerprint density at radius 2 is 1.53 bits per heavy atom. The fraction of sp³-hybridized carbons (Fsp3) is 0.818. The third-order valence-corrected chi connectivity index (χ3v) is 11.3. The van der Waals surface area contributed by atoms with Crippen molar-refractivity contribution in [3.8, 4) is 0 Å². The van der Waals surface area contributed by atoms with Gasteiger partial charge in [-0.25, -0.2) is 0 Å². The molecule has 192 valence electrons.